The maximum atomic E-state index is 11.6. The topological polar surface area (TPSA) is 48.0 Å². The first-order chi connectivity index (χ1) is 7.77. The molecule has 0 aliphatic heterocycles. The number of nitrogens with two attached hydrogens (primary N) is 1. The zero-order valence-electron chi connectivity index (χ0n) is 8.82. The fourth-order valence-corrected chi connectivity index (χ4v) is 2.00. The number of fused-ring (bicyclic) bond motifs is 1. The quantitative estimate of drug-likeness (QED) is 0.829. The molecule has 0 unspecified atom stereocenters. The van der Waals surface area contributed by atoms with Gasteiger partial charge < -0.3 is 5.73 Å². The van der Waals surface area contributed by atoms with Crippen molar-refractivity contribution in [3.05, 3.63) is 36.0 Å². The third kappa shape index (κ3) is 1.84. The van der Waals surface area contributed by atoms with E-state index in [0.29, 0.717) is 6.54 Å². The van der Waals surface area contributed by atoms with Crippen molar-refractivity contribution in [3.63, 3.8) is 0 Å². The first-order valence-corrected chi connectivity index (χ1v) is 5.69. The van der Waals surface area contributed by atoms with Crippen LogP contribution < -0.4 is 5.73 Å². The molecule has 0 atom stereocenters. The SMILES string of the molecule is NCCc1cn(C(=O)CCl)c2ccccc12. The van der Waals surface area contributed by atoms with Crippen LogP contribution >= 0.6 is 11.6 Å². The molecule has 0 saturated heterocycles. The molecule has 16 heavy (non-hydrogen) atoms. The highest BCUT2D eigenvalue weighted by Crippen LogP contribution is 2.21. The number of aromatic nitrogens is 1. The maximum absolute atomic E-state index is 11.6. The van der Waals surface area contributed by atoms with Gasteiger partial charge >= 0.3 is 0 Å². The lowest BCUT2D eigenvalue weighted by molar-refractivity contribution is 0.0945. The lowest BCUT2D eigenvalue weighted by Gasteiger charge is -1.99. The Kier molecular flexibility index (Phi) is 3.27. The van der Waals surface area contributed by atoms with E-state index in [1.165, 1.54) is 0 Å². The molecule has 0 radical (unpaired) electrons. The van der Waals surface area contributed by atoms with E-state index in [0.717, 1.165) is 22.9 Å². The Labute approximate surface area is 98.8 Å². The highest BCUT2D eigenvalue weighted by molar-refractivity contribution is 6.28. The molecule has 2 aromatic rings. The molecule has 2 rings (SSSR count). The third-order valence-electron chi connectivity index (χ3n) is 2.59. The van der Waals surface area contributed by atoms with E-state index >= 15 is 0 Å². The summed E-state index contributed by atoms with van der Waals surface area (Å²) in [6, 6.07) is 7.78. The number of carbonyl (C=O) groups is 1. The minimum atomic E-state index is -0.110. The molecular weight excluding hydrogens is 224 g/mol. The highest BCUT2D eigenvalue weighted by atomic mass is 35.5. The standard InChI is InChI=1S/C12H13ClN2O/c13-7-12(16)15-8-9(5-6-14)10-3-1-2-4-11(10)15/h1-4,8H,5-7,14H2. The fraction of sp³-hybridized carbons (Fsp3) is 0.250. The van der Waals surface area contributed by atoms with Gasteiger partial charge in [0.05, 0.1) is 5.52 Å². The number of benzene rings is 1. The van der Waals surface area contributed by atoms with Crippen LogP contribution in [0.4, 0.5) is 0 Å². The molecule has 2 N–H and O–H groups in total. The highest BCUT2D eigenvalue weighted by Gasteiger charge is 2.11. The van der Waals surface area contributed by atoms with Crippen LogP contribution in [0.5, 0.6) is 0 Å². The van der Waals surface area contributed by atoms with Crippen LogP contribution in [0.1, 0.15) is 10.4 Å². The number of rotatable bonds is 3. The predicted molar refractivity (Wildman–Crippen MR) is 66.0 cm³/mol. The Hall–Kier alpha value is -1.32. The van der Waals surface area contributed by atoms with Gasteiger partial charge in [0.15, 0.2) is 0 Å². The van der Waals surface area contributed by atoms with Crippen molar-refractivity contribution >= 4 is 28.4 Å². The van der Waals surface area contributed by atoms with Gasteiger partial charge in [0, 0.05) is 11.6 Å². The largest absolute Gasteiger partial charge is 0.330 e. The van der Waals surface area contributed by atoms with Crippen molar-refractivity contribution in [1.29, 1.82) is 0 Å². The molecule has 84 valence electrons. The van der Waals surface area contributed by atoms with E-state index in [1.807, 2.05) is 30.5 Å². The maximum Gasteiger partial charge on any atom is 0.245 e. The van der Waals surface area contributed by atoms with Crippen LogP contribution in [0.15, 0.2) is 30.5 Å². The van der Waals surface area contributed by atoms with Gasteiger partial charge in [-0.05, 0) is 24.6 Å². The summed E-state index contributed by atoms with van der Waals surface area (Å²) in [6.07, 6.45) is 2.60. The van der Waals surface area contributed by atoms with Crippen molar-refractivity contribution in [2.24, 2.45) is 5.73 Å². The van der Waals surface area contributed by atoms with E-state index in [4.69, 9.17) is 17.3 Å². The molecule has 1 aromatic heterocycles. The minimum absolute atomic E-state index is 0.0132. The summed E-state index contributed by atoms with van der Waals surface area (Å²) in [6.45, 7) is 0.572. The van der Waals surface area contributed by atoms with Crippen molar-refractivity contribution in [2.45, 2.75) is 6.42 Å². The number of nitrogens with zero attached hydrogens (tertiary/aromatic N) is 1. The van der Waals surface area contributed by atoms with Gasteiger partial charge in [-0.2, -0.15) is 0 Å². The molecule has 0 aliphatic carbocycles. The number of halogens is 1. The smallest absolute Gasteiger partial charge is 0.245 e. The molecule has 1 heterocycles. The zero-order valence-corrected chi connectivity index (χ0v) is 9.57. The van der Waals surface area contributed by atoms with Crippen molar-refractivity contribution < 1.29 is 4.79 Å². The van der Waals surface area contributed by atoms with Crippen LogP contribution in [-0.2, 0) is 6.42 Å². The average Bonchev–Trinajstić information content (AvgIpc) is 2.68. The molecular formula is C12H13ClN2O. The molecule has 0 aliphatic rings. The van der Waals surface area contributed by atoms with E-state index in [-0.39, 0.29) is 11.8 Å². The van der Waals surface area contributed by atoms with Gasteiger partial charge in [-0.1, -0.05) is 18.2 Å². The number of alkyl halides is 1. The molecule has 4 heteroatoms. The average molecular weight is 237 g/mol. The first kappa shape index (κ1) is 11.2. The Bertz CT molecular complexity index is 519. The second-order valence-electron chi connectivity index (χ2n) is 3.61. The van der Waals surface area contributed by atoms with Crippen LogP contribution in [0.2, 0.25) is 0 Å². The zero-order chi connectivity index (χ0) is 11.5. The number of para-hydroxylation sites is 1. The number of hydrogen-bond acceptors (Lipinski definition) is 2. The summed E-state index contributed by atoms with van der Waals surface area (Å²) >= 11 is 5.58. The summed E-state index contributed by atoms with van der Waals surface area (Å²) in [7, 11) is 0. The molecule has 0 saturated carbocycles. The van der Waals surface area contributed by atoms with E-state index in [2.05, 4.69) is 0 Å². The van der Waals surface area contributed by atoms with Crippen molar-refractivity contribution in [3.8, 4) is 0 Å². The summed E-state index contributed by atoms with van der Waals surface area (Å²) < 4.78 is 1.60. The second-order valence-corrected chi connectivity index (χ2v) is 3.87. The van der Waals surface area contributed by atoms with Gasteiger partial charge in [0.1, 0.15) is 5.88 Å². The monoisotopic (exact) mass is 236 g/mol. The first-order valence-electron chi connectivity index (χ1n) is 5.16. The summed E-state index contributed by atoms with van der Waals surface area (Å²) in [5, 5.41) is 1.08. The summed E-state index contributed by atoms with van der Waals surface area (Å²) in [5.41, 5.74) is 7.54. The van der Waals surface area contributed by atoms with Crippen LogP contribution in [0, 0.1) is 0 Å². The van der Waals surface area contributed by atoms with E-state index in [9.17, 15) is 4.79 Å². The Morgan fingerprint density at radius 1 is 1.38 bits per heavy atom. The second kappa shape index (κ2) is 4.68. The lowest BCUT2D eigenvalue weighted by Crippen LogP contribution is -2.10. The van der Waals surface area contributed by atoms with E-state index < -0.39 is 0 Å². The molecule has 1 aromatic carbocycles. The van der Waals surface area contributed by atoms with Crippen molar-refractivity contribution in [1.82, 2.24) is 4.57 Å². The predicted octanol–water partition coefficient (Wildman–Crippen LogP) is 2.02. The van der Waals surface area contributed by atoms with Gasteiger partial charge in [0.2, 0.25) is 5.91 Å². The van der Waals surface area contributed by atoms with Gasteiger partial charge in [0.25, 0.3) is 0 Å². The Balaban J connectivity index is 2.61. The van der Waals surface area contributed by atoms with Crippen molar-refractivity contribution in [2.75, 3.05) is 12.4 Å². The molecule has 3 nitrogen and oxygen atoms in total. The van der Waals surface area contributed by atoms with E-state index in [1.54, 1.807) is 4.57 Å². The van der Waals surface area contributed by atoms with Gasteiger partial charge in [-0.3, -0.25) is 9.36 Å². The minimum Gasteiger partial charge on any atom is -0.330 e. The third-order valence-corrected chi connectivity index (χ3v) is 2.82. The molecule has 0 spiro atoms. The lowest BCUT2D eigenvalue weighted by atomic mass is 10.1. The van der Waals surface area contributed by atoms with Crippen LogP contribution in [-0.4, -0.2) is 22.9 Å². The van der Waals surface area contributed by atoms with Crippen LogP contribution in [0.3, 0.4) is 0 Å². The Morgan fingerprint density at radius 3 is 2.81 bits per heavy atom. The molecule has 0 bridgehead atoms. The summed E-state index contributed by atoms with van der Waals surface area (Å²) in [5.74, 6) is -0.123. The number of carbonyl (C=O) groups excluding carboxylic acids is 1. The van der Waals surface area contributed by atoms with Gasteiger partial charge in [-0.25, -0.2) is 0 Å². The fourth-order valence-electron chi connectivity index (χ4n) is 1.88. The van der Waals surface area contributed by atoms with Gasteiger partial charge in [-0.15, -0.1) is 11.6 Å². The Morgan fingerprint density at radius 2 is 2.12 bits per heavy atom. The molecule has 0 fully saturated rings. The number of hydrogen-bond donors (Lipinski definition) is 1. The molecule has 0 amide bonds. The normalized spacial score (nSPS) is 10.9. The summed E-state index contributed by atoms with van der Waals surface area (Å²) in [4.78, 5) is 11.6. The van der Waals surface area contributed by atoms with Crippen LogP contribution in [0.25, 0.3) is 10.9 Å².